The van der Waals surface area contributed by atoms with Crippen LogP contribution in [0.15, 0.2) is 59.6 Å². The highest BCUT2D eigenvalue weighted by molar-refractivity contribution is 5.79. The van der Waals surface area contributed by atoms with Crippen molar-refractivity contribution < 1.29 is 9.66 Å². The van der Waals surface area contributed by atoms with Gasteiger partial charge in [-0.05, 0) is 11.1 Å². The highest BCUT2D eigenvalue weighted by Crippen LogP contribution is 2.11. The molecule has 25 heavy (non-hydrogen) atoms. The third-order valence-electron chi connectivity index (χ3n) is 3.47. The molecule has 0 aliphatic carbocycles. The number of nitrogens with one attached hydrogen (secondary N) is 2. The molecule has 2 aromatic carbocycles. The standard InChI is InChI=1S/C18H22N4O3/c1-25-12-11-19-18(20-13-15-5-3-2-4-6-15)21-14-16-7-9-17(10-8-16)22(23)24/h2-10H,11-14H2,1H3,(H2,19,20,21). The first-order valence-electron chi connectivity index (χ1n) is 7.97. The normalized spacial score (nSPS) is 11.2. The number of nitrogens with zero attached hydrogens (tertiary/aromatic N) is 2. The molecule has 132 valence electrons. The number of ether oxygens (including phenoxy) is 1. The zero-order valence-corrected chi connectivity index (χ0v) is 14.1. The second-order valence-corrected chi connectivity index (χ2v) is 5.35. The van der Waals surface area contributed by atoms with Crippen LogP contribution in [-0.2, 0) is 17.8 Å². The van der Waals surface area contributed by atoms with Crippen LogP contribution in [0, 0.1) is 10.1 Å². The van der Waals surface area contributed by atoms with E-state index in [1.54, 1.807) is 19.2 Å². The molecule has 2 rings (SSSR count). The first-order chi connectivity index (χ1) is 12.2. The van der Waals surface area contributed by atoms with Gasteiger partial charge in [0, 0.05) is 32.3 Å². The molecule has 0 atom stereocenters. The zero-order valence-electron chi connectivity index (χ0n) is 14.1. The largest absolute Gasteiger partial charge is 0.383 e. The number of nitro groups is 1. The van der Waals surface area contributed by atoms with E-state index in [-0.39, 0.29) is 5.69 Å². The van der Waals surface area contributed by atoms with Gasteiger partial charge in [0.1, 0.15) is 0 Å². The fraction of sp³-hybridized carbons (Fsp3) is 0.278. The predicted octanol–water partition coefficient (Wildman–Crippen LogP) is 2.48. The maximum atomic E-state index is 10.7. The number of methoxy groups -OCH3 is 1. The van der Waals surface area contributed by atoms with Crippen molar-refractivity contribution in [3.05, 3.63) is 75.8 Å². The van der Waals surface area contributed by atoms with Gasteiger partial charge in [-0.15, -0.1) is 0 Å². The fourth-order valence-electron chi connectivity index (χ4n) is 2.12. The molecule has 0 amide bonds. The summed E-state index contributed by atoms with van der Waals surface area (Å²) in [6.07, 6.45) is 0. The van der Waals surface area contributed by atoms with Crippen molar-refractivity contribution >= 4 is 11.6 Å². The number of non-ortho nitro benzene ring substituents is 1. The molecule has 0 spiro atoms. The highest BCUT2D eigenvalue weighted by atomic mass is 16.6. The van der Waals surface area contributed by atoms with E-state index in [1.807, 2.05) is 30.3 Å². The van der Waals surface area contributed by atoms with Crippen LogP contribution in [0.3, 0.4) is 0 Å². The lowest BCUT2D eigenvalue weighted by molar-refractivity contribution is -0.384. The monoisotopic (exact) mass is 342 g/mol. The van der Waals surface area contributed by atoms with E-state index < -0.39 is 4.92 Å². The Labute approximate surface area is 146 Å². The Balaban J connectivity index is 1.96. The number of aliphatic imine (C=N–C) groups is 1. The van der Waals surface area contributed by atoms with E-state index >= 15 is 0 Å². The molecular weight excluding hydrogens is 320 g/mol. The summed E-state index contributed by atoms with van der Waals surface area (Å²) >= 11 is 0. The third-order valence-corrected chi connectivity index (χ3v) is 3.47. The van der Waals surface area contributed by atoms with Gasteiger partial charge in [-0.2, -0.15) is 0 Å². The molecule has 2 aromatic rings. The molecule has 0 radical (unpaired) electrons. The van der Waals surface area contributed by atoms with Crippen LogP contribution in [0.2, 0.25) is 0 Å². The van der Waals surface area contributed by atoms with Crippen molar-refractivity contribution in [2.75, 3.05) is 20.3 Å². The van der Waals surface area contributed by atoms with Gasteiger partial charge >= 0.3 is 0 Å². The third kappa shape index (κ3) is 6.60. The van der Waals surface area contributed by atoms with Crippen LogP contribution in [-0.4, -0.2) is 31.1 Å². The average molecular weight is 342 g/mol. The second kappa shape index (κ2) is 10.0. The van der Waals surface area contributed by atoms with Crippen molar-refractivity contribution in [1.29, 1.82) is 0 Å². The van der Waals surface area contributed by atoms with Crippen molar-refractivity contribution in [2.45, 2.75) is 13.1 Å². The summed E-state index contributed by atoms with van der Waals surface area (Å²) in [4.78, 5) is 14.8. The minimum Gasteiger partial charge on any atom is -0.383 e. The van der Waals surface area contributed by atoms with Gasteiger partial charge in [0.05, 0.1) is 18.1 Å². The lowest BCUT2D eigenvalue weighted by Crippen LogP contribution is -2.38. The lowest BCUT2D eigenvalue weighted by atomic mass is 10.2. The van der Waals surface area contributed by atoms with E-state index in [0.29, 0.717) is 32.2 Å². The molecule has 0 aliphatic heterocycles. The van der Waals surface area contributed by atoms with Gasteiger partial charge in [-0.25, -0.2) is 4.99 Å². The summed E-state index contributed by atoms with van der Waals surface area (Å²) in [5.41, 5.74) is 2.14. The molecular formula is C18H22N4O3. The van der Waals surface area contributed by atoms with E-state index in [9.17, 15) is 10.1 Å². The van der Waals surface area contributed by atoms with Gasteiger partial charge < -0.3 is 15.4 Å². The summed E-state index contributed by atoms with van der Waals surface area (Å²) in [6.45, 7) is 2.29. The van der Waals surface area contributed by atoms with Gasteiger partial charge in [0.15, 0.2) is 5.96 Å². The molecule has 0 saturated heterocycles. The van der Waals surface area contributed by atoms with Gasteiger partial charge in [0.2, 0.25) is 0 Å². The van der Waals surface area contributed by atoms with Gasteiger partial charge in [-0.3, -0.25) is 10.1 Å². The first-order valence-corrected chi connectivity index (χ1v) is 7.97. The number of hydrogen-bond acceptors (Lipinski definition) is 4. The Hall–Kier alpha value is -2.93. The highest BCUT2D eigenvalue weighted by Gasteiger charge is 2.04. The Bertz CT molecular complexity index is 687. The van der Waals surface area contributed by atoms with E-state index in [2.05, 4.69) is 15.6 Å². The van der Waals surface area contributed by atoms with E-state index in [0.717, 1.165) is 11.1 Å². The molecule has 0 heterocycles. The summed E-state index contributed by atoms with van der Waals surface area (Å²) in [5.74, 6) is 0.666. The zero-order chi connectivity index (χ0) is 17.9. The Morgan fingerprint density at radius 3 is 2.44 bits per heavy atom. The lowest BCUT2D eigenvalue weighted by Gasteiger charge is -2.12. The van der Waals surface area contributed by atoms with Crippen molar-refractivity contribution in [3.63, 3.8) is 0 Å². The predicted molar refractivity (Wildman–Crippen MR) is 97.4 cm³/mol. The van der Waals surface area contributed by atoms with Crippen molar-refractivity contribution in [2.24, 2.45) is 4.99 Å². The average Bonchev–Trinajstić information content (AvgIpc) is 2.65. The second-order valence-electron chi connectivity index (χ2n) is 5.35. The molecule has 0 unspecified atom stereocenters. The number of hydrogen-bond donors (Lipinski definition) is 2. The fourth-order valence-corrected chi connectivity index (χ4v) is 2.12. The van der Waals surface area contributed by atoms with Crippen LogP contribution in [0.4, 0.5) is 5.69 Å². The van der Waals surface area contributed by atoms with Crippen LogP contribution in [0.5, 0.6) is 0 Å². The van der Waals surface area contributed by atoms with Crippen molar-refractivity contribution in [1.82, 2.24) is 10.6 Å². The summed E-state index contributed by atoms with van der Waals surface area (Å²) in [6, 6.07) is 16.4. The topological polar surface area (TPSA) is 88.8 Å². The molecule has 7 nitrogen and oxygen atoms in total. The Morgan fingerprint density at radius 1 is 1.08 bits per heavy atom. The maximum Gasteiger partial charge on any atom is 0.269 e. The van der Waals surface area contributed by atoms with E-state index in [1.165, 1.54) is 12.1 Å². The minimum atomic E-state index is -0.406. The molecule has 2 N–H and O–H groups in total. The van der Waals surface area contributed by atoms with Crippen molar-refractivity contribution in [3.8, 4) is 0 Å². The number of nitro benzene ring substituents is 1. The SMILES string of the molecule is COCCNC(=NCc1ccccc1)NCc1ccc([N+](=O)[O-])cc1. The molecule has 0 aromatic heterocycles. The van der Waals surface area contributed by atoms with Gasteiger partial charge in [0.25, 0.3) is 5.69 Å². The summed E-state index contributed by atoms with van der Waals surface area (Å²) in [7, 11) is 1.65. The summed E-state index contributed by atoms with van der Waals surface area (Å²) < 4.78 is 5.04. The first kappa shape index (κ1) is 18.4. The molecule has 0 aliphatic rings. The number of rotatable bonds is 8. The maximum absolute atomic E-state index is 10.7. The quantitative estimate of drug-likeness (QED) is 0.253. The molecule has 7 heteroatoms. The van der Waals surface area contributed by atoms with Crippen LogP contribution in [0.25, 0.3) is 0 Å². The minimum absolute atomic E-state index is 0.0833. The number of benzene rings is 2. The van der Waals surface area contributed by atoms with Crippen LogP contribution >= 0.6 is 0 Å². The Kier molecular flexibility index (Phi) is 7.40. The molecule has 0 bridgehead atoms. The summed E-state index contributed by atoms with van der Waals surface area (Å²) in [5, 5.41) is 17.1. The van der Waals surface area contributed by atoms with Crippen LogP contribution in [0.1, 0.15) is 11.1 Å². The smallest absolute Gasteiger partial charge is 0.269 e. The van der Waals surface area contributed by atoms with Gasteiger partial charge in [-0.1, -0.05) is 42.5 Å². The number of guanidine groups is 1. The van der Waals surface area contributed by atoms with Crippen LogP contribution < -0.4 is 10.6 Å². The molecule has 0 fully saturated rings. The molecule has 0 saturated carbocycles. The van der Waals surface area contributed by atoms with E-state index in [4.69, 9.17) is 4.74 Å². The Morgan fingerprint density at radius 2 is 1.80 bits per heavy atom.